The fourth-order valence-corrected chi connectivity index (χ4v) is 15.5. The zero-order chi connectivity index (χ0) is 57.7. The van der Waals surface area contributed by atoms with E-state index in [0.717, 1.165) is 68.2 Å². The third-order valence-corrected chi connectivity index (χ3v) is 25.0. The second-order valence-electron chi connectivity index (χ2n) is 19.2. The molecule has 4 aromatic rings. The summed E-state index contributed by atoms with van der Waals surface area (Å²) in [7, 11) is -13.6. The van der Waals surface area contributed by atoms with Crippen LogP contribution in [-0.2, 0) is 67.9 Å². The molecule has 26 nitrogen and oxygen atoms in total. The molecule has 5 unspecified atom stereocenters. The van der Waals surface area contributed by atoms with Crippen LogP contribution in [0.5, 0.6) is 0 Å². The summed E-state index contributed by atoms with van der Waals surface area (Å²) in [4.78, 5) is 67.3. The number of allylic oxidation sites excluding steroid dienone is 6. The number of fused-ring (bicyclic) bond motifs is 4. The minimum Gasteiger partial charge on any atom is -0.282 e. The van der Waals surface area contributed by atoms with E-state index in [-0.39, 0.29) is 28.7 Å². The molecule has 3 aliphatic rings. The maximum absolute atomic E-state index is 13.0. The van der Waals surface area contributed by atoms with Crippen LogP contribution in [0.4, 0.5) is 11.4 Å². The molecular weight excluding hydrogens is 1140 g/mol. The molecule has 0 saturated carbocycles. The third kappa shape index (κ3) is 12.2. The number of carbonyl (C=O) groups excluding carboxylic acids is 1. The Labute approximate surface area is 457 Å². The first-order valence-corrected chi connectivity index (χ1v) is 32.1. The molecule has 1 fully saturated rings. The second-order valence-corrected chi connectivity index (χ2v) is 31.6. The Morgan fingerprint density at radius 3 is 2.41 bits per heavy atom. The summed E-state index contributed by atoms with van der Waals surface area (Å²) < 4.78 is 84.7. The number of nitrogens with one attached hydrogen (secondary N) is 2. The summed E-state index contributed by atoms with van der Waals surface area (Å²) in [6.07, 6.45) is 10.3. The molecule has 31 heteroatoms. The second kappa shape index (κ2) is 24.9. The SMILES string of the molecule is CCN1C(=CC=CC=CC2=[N+](CCCCCC(=O)N/C=C/c3cn(C4CC(O)C(COP(OO)(OOO)([P+](=O)[O-])[P+](=O)[O-])O4)c(=O)[nH]c3=O)c3ccc4c(S(=O)(=O)O)cccc4c3C2(C)C)C(C)(C)c2cc(SOOO)ccc21. The molecule has 7 N–H and O–H groups in total. The van der Waals surface area contributed by atoms with E-state index < -0.39 is 79.8 Å². The van der Waals surface area contributed by atoms with Crippen LogP contribution in [0.3, 0.4) is 0 Å². The molecule has 426 valence electrons. The number of H-pyrrole nitrogens is 1. The molecule has 1 amide bonds. The van der Waals surface area contributed by atoms with Crippen molar-refractivity contribution in [3.05, 3.63) is 135 Å². The van der Waals surface area contributed by atoms with Crippen molar-refractivity contribution in [2.24, 2.45) is 0 Å². The zero-order valence-corrected chi connectivity index (χ0v) is 47.2. The number of nitrogens with zero attached hydrogens (tertiary/aromatic N) is 3. The molecule has 7 rings (SSSR count). The van der Waals surface area contributed by atoms with Crippen LogP contribution >= 0.6 is 34.1 Å². The van der Waals surface area contributed by atoms with Gasteiger partial charge in [-0.3, -0.25) is 9.35 Å². The van der Waals surface area contributed by atoms with Crippen molar-refractivity contribution >= 4 is 84.1 Å². The van der Waals surface area contributed by atoms with Crippen LogP contribution in [0.1, 0.15) is 89.6 Å². The van der Waals surface area contributed by atoms with Gasteiger partial charge in [-0.15, -0.1) is 4.33 Å². The van der Waals surface area contributed by atoms with Gasteiger partial charge in [0.1, 0.15) is 11.4 Å². The van der Waals surface area contributed by atoms with E-state index in [9.17, 15) is 56.6 Å². The topological polar surface area (TPSA) is 370 Å². The maximum Gasteiger partial charge on any atom is 0.295 e. The normalized spacial score (nSPS) is 20.5. The number of ether oxygens (including phenoxy) is 1. The molecule has 4 heterocycles. The van der Waals surface area contributed by atoms with Crippen molar-refractivity contribution in [1.29, 1.82) is 0 Å². The minimum absolute atomic E-state index is 0.0896. The van der Waals surface area contributed by atoms with E-state index in [4.69, 9.17) is 19.8 Å². The summed E-state index contributed by atoms with van der Waals surface area (Å²) in [5.41, 5.74) is 2.82. The van der Waals surface area contributed by atoms with Crippen LogP contribution in [0.2, 0.25) is 0 Å². The molecule has 0 spiro atoms. The van der Waals surface area contributed by atoms with Gasteiger partial charge in [0.25, 0.3) is 10.1 Å². The third-order valence-electron chi connectivity index (χ3n) is 13.8. The van der Waals surface area contributed by atoms with Gasteiger partial charge in [-0.2, -0.15) is 13.0 Å². The minimum atomic E-state index is -6.70. The first-order valence-electron chi connectivity index (χ1n) is 24.2. The number of amides is 1. The Morgan fingerprint density at radius 2 is 1.73 bits per heavy atom. The number of unbranched alkanes of at least 4 members (excludes halogenated alkanes) is 2. The van der Waals surface area contributed by atoms with E-state index in [1.165, 1.54) is 18.3 Å². The molecule has 0 aliphatic carbocycles. The number of carbonyl (C=O) groups is 1. The van der Waals surface area contributed by atoms with Crippen molar-refractivity contribution in [2.45, 2.75) is 106 Å². The zero-order valence-electron chi connectivity index (χ0n) is 42.9. The monoisotopic (exact) mass is 1200 g/mol. The summed E-state index contributed by atoms with van der Waals surface area (Å²) in [6.45, 7) is 3.81. The molecule has 3 aromatic carbocycles. The van der Waals surface area contributed by atoms with Crippen molar-refractivity contribution in [2.75, 3.05) is 24.6 Å². The van der Waals surface area contributed by atoms with E-state index in [2.05, 4.69) is 84.2 Å². The largest absolute Gasteiger partial charge is 0.295 e. The number of hydrogen-bond acceptors (Lipinski definition) is 22. The van der Waals surface area contributed by atoms with Crippen LogP contribution in [0.25, 0.3) is 16.8 Å². The van der Waals surface area contributed by atoms with Crippen LogP contribution in [0, 0.1) is 0 Å². The number of aliphatic hydroxyl groups is 1. The summed E-state index contributed by atoms with van der Waals surface area (Å²) in [5.74, 6) is -0.394. The average molecular weight is 1200 g/mol. The molecule has 0 radical (unpaired) electrons. The van der Waals surface area contributed by atoms with Gasteiger partial charge in [0.15, 0.2) is 5.71 Å². The van der Waals surface area contributed by atoms with Gasteiger partial charge in [-0.05, 0) is 81.0 Å². The number of aromatic amines is 1. The maximum atomic E-state index is 13.0. The predicted molar refractivity (Wildman–Crippen MR) is 284 cm³/mol. The van der Waals surface area contributed by atoms with E-state index in [1.807, 2.05) is 54.6 Å². The smallest absolute Gasteiger partial charge is 0.282 e. The summed E-state index contributed by atoms with van der Waals surface area (Å²) in [6, 6.07) is 14.2. The molecule has 79 heavy (non-hydrogen) atoms. The number of anilines is 1. The van der Waals surface area contributed by atoms with Crippen LogP contribution in [-0.4, -0.2) is 91.5 Å². The quantitative estimate of drug-likeness (QED) is 0.00523. The van der Waals surface area contributed by atoms with Gasteiger partial charge < -0.3 is 4.90 Å². The van der Waals surface area contributed by atoms with Gasteiger partial charge >= 0.3 is 177 Å². The Hall–Kier alpha value is -5.13. The Bertz CT molecular complexity index is 3420. The van der Waals surface area contributed by atoms with E-state index >= 15 is 0 Å². The van der Waals surface area contributed by atoms with E-state index in [1.54, 1.807) is 12.1 Å². The van der Waals surface area contributed by atoms with Gasteiger partial charge in [-0.1, -0.05) is 49.2 Å². The molecular formula is C48H57N5O21P3S2+. The van der Waals surface area contributed by atoms with Crippen LogP contribution in [0.15, 0.2) is 116 Å². The van der Waals surface area contributed by atoms with Crippen molar-refractivity contribution in [1.82, 2.24) is 14.9 Å². The molecule has 0 bridgehead atoms. The summed E-state index contributed by atoms with van der Waals surface area (Å²) in [5, 5.41) is 47.9. The molecule has 5 atom stereocenters. The van der Waals surface area contributed by atoms with Gasteiger partial charge in [-0.25, -0.2) is 5.26 Å². The number of benzene rings is 3. The Morgan fingerprint density at radius 1 is 0.987 bits per heavy atom. The average Bonchev–Trinajstić information content (AvgIpc) is 4.22. The van der Waals surface area contributed by atoms with Gasteiger partial charge in [0, 0.05) is 64.2 Å². The number of likely N-dealkylation sites (N-methyl/N-ethyl adjacent to an activating group) is 1. The molecule has 1 aromatic heterocycles. The van der Waals surface area contributed by atoms with Crippen molar-refractivity contribution in [3.8, 4) is 0 Å². The van der Waals surface area contributed by atoms with E-state index in [0.29, 0.717) is 36.6 Å². The Balaban J connectivity index is 1.02. The first kappa shape index (κ1) is 61.5. The Kier molecular flexibility index (Phi) is 19.4. The number of aliphatic hydroxyl groups excluding tert-OH is 1. The standard InChI is InChI=1S/C48H56N5O21P3S2/c1-6-51-35-21-19-31(78-74-71-59)26-34(35)47(2,3)40(51)16-9-7-10-17-41-48(4,5)44-33-14-13-15-39(79(65,66)67)32(33)20-22-36(44)52(41)25-12-8-11-18-42(55)49-24-23-30-28-53(46(57)50-45(30)56)43-27-37(54)38(69-43)29-68-77(72-60,73-70-58,75(61)62)76(63)64/h7,9-10,13-17,19-24,26,28,37-38,43,54H,6,8,11-12,18,25,27,29H2,1-5H3,(H5-,49,50,55,56,57,58,59,60,65,66,67)/p+1/b24-23+. The van der Waals surface area contributed by atoms with Crippen molar-refractivity contribution in [3.63, 3.8) is 0 Å². The predicted octanol–water partition coefficient (Wildman–Crippen LogP) is 6.81. The number of rotatable bonds is 25. The summed E-state index contributed by atoms with van der Waals surface area (Å²) >= 11 is 0.896. The molecule has 1 saturated heterocycles. The van der Waals surface area contributed by atoms with Crippen LogP contribution < -0.4 is 31.3 Å². The number of aromatic nitrogens is 2. The fourth-order valence-electron chi connectivity index (χ4n) is 10.0. The van der Waals surface area contributed by atoms with Crippen molar-refractivity contribution < 1.29 is 95.2 Å². The first-order chi connectivity index (χ1) is 37.4. The van der Waals surface area contributed by atoms with Gasteiger partial charge in [0.05, 0.1) is 17.5 Å². The molecule has 3 aliphatic heterocycles. The van der Waals surface area contributed by atoms with Gasteiger partial charge in [0.2, 0.25) is 5.69 Å². The fraction of sp³-hybridized carbons (Fsp3) is 0.375. The number of hydrogen-bond donors (Lipinski definition) is 7.